The van der Waals surface area contributed by atoms with Gasteiger partial charge in [-0.3, -0.25) is 4.79 Å². The van der Waals surface area contributed by atoms with Crippen LogP contribution >= 0.6 is 35.7 Å². The molecule has 3 rings (SSSR count). The molecule has 0 saturated heterocycles. The van der Waals surface area contributed by atoms with Crippen molar-refractivity contribution < 1.29 is 4.79 Å². The Morgan fingerprint density at radius 1 is 1.35 bits per heavy atom. The van der Waals surface area contributed by atoms with E-state index in [0.717, 1.165) is 49.3 Å². The third kappa shape index (κ3) is 2.09. The number of nitrogens with zero attached hydrogens (tertiary/aromatic N) is 2. The van der Waals surface area contributed by atoms with Gasteiger partial charge in [0.25, 0.3) is 0 Å². The molecule has 0 saturated carbocycles. The van der Waals surface area contributed by atoms with Crippen LogP contribution in [0.5, 0.6) is 0 Å². The number of hydrogen-bond acceptors (Lipinski definition) is 6. The van der Waals surface area contributed by atoms with Gasteiger partial charge in [0.05, 0.1) is 11.7 Å². The molecular formula is C14H10N2OS3. The van der Waals surface area contributed by atoms with E-state index >= 15 is 0 Å². The topological polar surface area (TPSA) is 42.9 Å². The van der Waals surface area contributed by atoms with Crippen molar-refractivity contribution in [2.45, 2.75) is 6.92 Å². The summed E-state index contributed by atoms with van der Waals surface area (Å²) in [6, 6.07) is 5.80. The summed E-state index contributed by atoms with van der Waals surface area (Å²) >= 11 is 7.07. The molecule has 3 aromatic rings. The Morgan fingerprint density at radius 3 is 2.75 bits per heavy atom. The highest BCUT2D eigenvalue weighted by molar-refractivity contribution is 7.90. The van der Waals surface area contributed by atoms with E-state index in [1.165, 1.54) is 0 Å². The average molecular weight is 318 g/mol. The van der Waals surface area contributed by atoms with Crippen LogP contribution in [0.15, 0.2) is 24.8 Å². The van der Waals surface area contributed by atoms with Gasteiger partial charge in [-0.15, -0.1) is 24.0 Å². The largest absolute Gasteiger partial charge is 0.298 e. The van der Waals surface area contributed by atoms with E-state index in [-0.39, 0.29) is 0 Å². The maximum Gasteiger partial charge on any atom is 0.152 e. The molecule has 100 valence electrons. The molecule has 1 aromatic carbocycles. The highest BCUT2D eigenvalue weighted by atomic mass is 32.1. The quantitative estimate of drug-likeness (QED) is 0.573. The number of benzene rings is 1. The van der Waals surface area contributed by atoms with E-state index in [4.69, 9.17) is 0 Å². The van der Waals surface area contributed by atoms with Crippen molar-refractivity contribution in [2.24, 2.45) is 0 Å². The van der Waals surface area contributed by atoms with Crippen molar-refractivity contribution in [3.05, 3.63) is 40.8 Å². The van der Waals surface area contributed by atoms with Crippen LogP contribution in [0.4, 0.5) is 0 Å². The highest BCUT2D eigenvalue weighted by Crippen LogP contribution is 2.38. The molecular weight excluding hydrogens is 308 g/mol. The van der Waals surface area contributed by atoms with Gasteiger partial charge in [0.15, 0.2) is 6.29 Å². The fraction of sp³-hybridized carbons (Fsp3) is 0.0714. The smallest absolute Gasteiger partial charge is 0.152 e. The lowest BCUT2D eigenvalue weighted by atomic mass is 10.1. The first kappa shape index (κ1) is 13.5. The van der Waals surface area contributed by atoms with Gasteiger partial charge in [-0.05, 0) is 24.6 Å². The van der Waals surface area contributed by atoms with E-state index in [1.54, 1.807) is 17.4 Å². The van der Waals surface area contributed by atoms with Crippen LogP contribution < -0.4 is 0 Å². The van der Waals surface area contributed by atoms with Crippen molar-refractivity contribution in [2.75, 3.05) is 0 Å². The SMILES string of the molecule is C=C(S)c1sc(-c2ccc(C=O)c3nsnc23)cc1C. The normalized spacial score (nSPS) is 10.9. The third-order valence-electron chi connectivity index (χ3n) is 3.02. The molecule has 0 radical (unpaired) electrons. The molecule has 0 aliphatic rings. The maximum absolute atomic E-state index is 11.0. The average Bonchev–Trinajstić information content (AvgIpc) is 3.03. The first-order valence-corrected chi connectivity index (χ1v) is 7.80. The third-order valence-corrected chi connectivity index (χ3v) is 5.25. The molecule has 2 heterocycles. The number of carbonyl (C=O) groups excluding carboxylic acids is 1. The van der Waals surface area contributed by atoms with Gasteiger partial charge in [0.1, 0.15) is 11.0 Å². The summed E-state index contributed by atoms with van der Waals surface area (Å²) in [5.74, 6) is 0. The van der Waals surface area contributed by atoms with Gasteiger partial charge in [0.2, 0.25) is 0 Å². The standard InChI is InChI=1S/C14H10N2OS3/c1-7-5-11(19-14(7)8(2)18)10-4-3-9(6-17)12-13(10)16-20-15-12/h3-6,18H,2H2,1H3. The number of thiol groups is 1. The second-order valence-electron chi connectivity index (χ2n) is 4.35. The Morgan fingerprint density at radius 2 is 2.10 bits per heavy atom. The monoisotopic (exact) mass is 318 g/mol. The minimum absolute atomic E-state index is 0.574. The molecule has 0 aliphatic carbocycles. The molecule has 0 N–H and O–H groups in total. The van der Waals surface area contributed by atoms with E-state index in [1.807, 2.05) is 13.0 Å². The summed E-state index contributed by atoms with van der Waals surface area (Å²) in [7, 11) is 0. The number of aryl methyl sites for hydroxylation is 1. The Kier molecular flexibility index (Phi) is 3.45. The lowest BCUT2D eigenvalue weighted by molar-refractivity contribution is 0.112. The number of aldehydes is 1. The predicted molar refractivity (Wildman–Crippen MR) is 88.9 cm³/mol. The van der Waals surface area contributed by atoms with Gasteiger partial charge in [0, 0.05) is 25.8 Å². The minimum atomic E-state index is 0.574. The van der Waals surface area contributed by atoms with Crippen LogP contribution in [0, 0.1) is 6.92 Å². The van der Waals surface area contributed by atoms with Gasteiger partial charge < -0.3 is 0 Å². The van der Waals surface area contributed by atoms with E-state index in [2.05, 4.69) is 34.0 Å². The number of thiophene rings is 1. The zero-order chi connectivity index (χ0) is 14.3. The van der Waals surface area contributed by atoms with Crippen LogP contribution in [-0.2, 0) is 0 Å². The molecule has 0 bridgehead atoms. The number of fused-ring (bicyclic) bond motifs is 1. The zero-order valence-electron chi connectivity index (χ0n) is 10.6. The second kappa shape index (κ2) is 5.12. The summed E-state index contributed by atoms with van der Waals surface area (Å²) in [6.45, 7) is 5.91. The van der Waals surface area contributed by atoms with Crippen LogP contribution in [0.2, 0.25) is 0 Å². The fourth-order valence-corrected chi connectivity index (χ4v) is 4.04. The van der Waals surface area contributed by atoms with E-state index < -0.39 is 0 Å². The Bertz CT molecular complexity index is 832. The highest BCUT2D eigenvalue weighted by Gasteiger charge is 2.15. The van der Waals surface area contributed by atoms with Crippen molar-refractivity contribution in [1.29, 1.82) is 0 Å². The molecule has 6 heteroatoms. The van der Waals surface area contributed by atoms with Gasteiger partial charge in [-0.2, -0.15) is 8.75 Å². The first-order valence-electron chi connectivity index (χ1n) is 5.81. The summed E-state index contributed by atoms with van der Waals surface area (Å²) < 4.78 is 8.54. The first-order chi connectivity index (χ1) is 9.61. The summed E-state index contributed by atoms with van der Waals surface area (Å²) in [4.78, 5) is 13.9. The molecule has 0 spiro atoms. The lowest BCUT2D eigenvalue weighted by Crippen LogP contribution is -1.85. The van der Waals surface area contributed by atoms with Crippen LogP contribution in [0.3, 0.4) is 0 Å². The Labute approximate surface area is 129 Å². The predicted octanol–water partition coefficient (Wildman–Crippen LogP) is 4.44. The van der Waals surface area contributed by atoms with Crippen molar-refractivity contribution in [1.82, 2.24) is 8.75 Å². The molecule has 3 nitrogen and oxygen atoms in total. The van der Waals surface area contributed by atoms with Gasteiger partial charge in [-0.25, -0.2) is 0 Å². The molecule has 2 aromatic heterocycles. The molecule has 0 fully saturated rings. The molecule has 0 atom stereocenters. The Balaban J connectivity index is 2.25. The second-order valence-corrected chi connectivity index (χ2v) is 6.47. The number of carbonyl (C=O) groups is 1. The van der Waals surface area contributed by atoms with Crippen molar-refractivity contribution in [3.8, 4) is 10.4 Å². The minimum Gasteiger partial charge on any atom is -0.298 e. The zero-order valence-corrected chi connectivity index (χ0v) is 13.1. The maximum atomic E-state index is 11.0. The van der Waals surface area contributed by atoms with Crippen LogP contribution in [0.25, 0.3) is 26.4 Å². The number of hydrogen-bond donors (Lipinski definition) is 1. The summed E-state index contributed by atoms with van der Waals surface area (Å²) in [6.07, 6.45) is 0.814. The number of aromatic nitrogens is 2. The fourth-order valence-electron chi connectivity index (χ4n) is 2.08. The molecule has 0 aliphatic heterocycles. The van der Waals surface area contributed by atoms with Crippen LogP contribution in [0.1, 0.15) is 20.8 Å². The lowest BCUT2D eigenvalue weighted by Gasteiger charge is -2.00. The van der Waals surface area contributed by atoms with E-state index in [9.17, 15) is 4.79 Å². The van der Waals surface area contributed by atoms with Gasteiger partial charge >= 0.3 is 0 Å². The van der Waals surface area contributed by atoms with E-state index in [0.29, 0.717) is 11.1 Å². The van der Waals surface area contributed by atoms with Crippen LogP contribution in [-0.4, -0.2) is 15.0 Å². The molecule has 20 heavy (non-hydrogen) atoms. The Hall–Kier alpha value is -1.50. The van der Waals surface area contributed by atoms with Gasteiger partial charge in [-0.1, -0.05) is 12.6 Å². The molecule has 0 amide bonds. The number of rotatable bonds is 3. The summed E-state index contributed by atoms with van der Waals surface area (Å²) in [5.41, 5.74) is 4.15. The summed E-state index contributed by atoms with van der Waals surface area (Å²) in [5, 5.41) is 0. The van der Waals surface area contributed by atoms with Crippen molar-refractivity contribution in [3.63, 3.8) is 0 Å². The molecule has 0 unspecified atom stereocenters. The van der Waals surface area contributed by atoms with Crippen molar-refractivity contribution >= 4 is 57.9 Å².